The predicted octanol–water partition coefficient (Wildman–Crippen LogP) is 4.97. The molecule has 13 heteroatoms. The third kappa shape index (κ3) is 6.17. The highest BCUT2D eigenvalue weighted by atomic mass is 35.5. The third-order valence-corrected chi connectivity index (χ3v) is 7.44. The summed E-state index contributed by atoms with van der Waals surface area (Å²) in [5, 5.41) is 9.86. The van der Waals surface area contributed by atoms with Crippen molar-refractivity contribution >= 4 is 35.2 Å². The Morgan fingerprint density at radius 1 is 1.02 bits per heavy atom. The summed E-state index contributed by atoms with van der Waals surface area (Å²) in [7, 11) is 0. The van der Waals surface area contributed by atoms with Crippen LogP contribution in [0.5, 0.6) is 5.75 Å². The largest absolute Gasteiger partial charge is 0.573 e. The number of fused-ring (bicyclic) bond motifs is 3. The summed E-state index contributed by atoms with van der Waals surface area (Å²) in [5.74, 6) is -4.02. The van der Waals surface area contributed by atoms with Gasteiger partial charge in [0.1, 0.15) is 5.82 Å². The number of aliphatic carboxylic acids is 1. The Balaban J connectivity index is 0.00000370. The number of hydrogen-bond acceptors (Lipinski definition) is 4. The van der Waals surface area contributed by atoms with E-state index < -0.39 is 35.6 Å². The molecule has 1 fully saturated rings. The Bertz CT molecular complexity index is 1420. The van der Waals surface area contributed by atoms with Crippen LogP contribution >= 0.6 is 12.4 Å². The molecule has 40 heavy (non-hydrogen) atoms. The molecule has 0 unspecified atom stereocenters. The second kappa shape index (κ2) is 11.6. The van der Waals surface area contributed by atoms with Gasteiger partial charge in [-0.2, -0.15) is 0 Å². The molecular weight excluding hydrogens is 561 g/mol. The normalized spacial score (nSPS) is 16.5. The molecule has 3 heterocycles. The molecule has 0 radical (unpaired) electrons. The van der Waals surface area contributed by atoms with Gasteiger partial charge in [0, 0.05) is 24.2 Å². The zero-order valence-electron chi connectivity index (χ0n) is 21.2. The number of likely N-dealkylation sites (tertiary alicyclic amines) is 1. The number of rotatable bonds is 6. The lowest BCUT2D eigenvalue weighted by atomic mass is 9.97. The van der Waals surface area contributed by atoms with E-state index in [1.807, 2.05) is 4.90 Å². The van der Waals surface area contributed by atoms with Gasteiger partial charge in [0.15, 0.2) is 11.6 Å². The van der Waals surface area contributed by atoms with Crippen LogP contribution in [0.15, 0.2) is 36.4 Å². The van der Waals surface area contributed by atoms with E-state index in [2.05, 4.69) is 4.74 Å². The Kier molecular flexibility index (Phi) is 8.60. The van der Waals surface area contributed by atoms with Crippen molar-refractivity contribution in [2.45, 2.75) is 38.7 Å². The molecule has 216 valence electrons. The number of ether oxygens (including phenoxy) is 1. The summed E-state index contributed by atoms with van der Waals surface area (Å²) in [6, 6.07) is 7.76. The predicted molar refractivity (Wildman–Crippen MR) is 137 cm³/mol. The number of carbonyl (C=O) groups excluding carboxylic acids is 1. The highest BCUT2D eigenvalue weighted by molar-refractivity contribution is 5.87. The van der Waals surface area contributed by atoms with Crippen molar-refractivity contribution in [1.29, 1.82) is 0 Å². The highest BCUT2D eigenvalue weighted by Gasteiger charge is 2.33. The van der Waals surface area contributed by atoms with Gasteiger partial charge in [0.2, 0.25) is 5.91 Å². The van der Waals surface area contributed by atoms with Crippen LogP contribution in [-0.2, 0) is 29.1 Å². The first kappa shape index (κ1) is 29.6. The van der Waals surface area contributed by atoms with Gasteiger partial charge < -0.3 is 19.3 Å². The molecule has 1 aromatic heterocycles. The highest BCUT2D eigenvalue weighted by Crippen LogP contribution is 2.34. The van der Waals surface area contributed by atoms with Crippen molar-refractivity contribution < 1.29 is 41.4 Å². The summed E-state index contributed by atoms with van der Waals surface area (Å²) in [6.07, 6.45) is -3.61. The molecule has 0 aliphatic carbocycles. The molecule has 7 nitrogen and oxygen atoms in total. The third-order valence-electron chi connectivity index (χ3n) is 7.44. The van der Waals surface area contributed by atoms with Crippen LogP contribution in [0.25, 0.3) is 10.9 Å². The van der Waals surface area contributed by atoms with Crippen molar-refractivity contribution in [3.8, 4) is 5.75 Å². The first-order chi connectivity index (χ1) is 18.5. The van der Waals surface area contributed by atoms with Gasteiger partial charge in [0.25, 0.3) is 0 Å². The van der Waals surface area contributed by atoms with Gasteiger partial charge in [-0.05, 0) is 61.7 Å². The zero-order chi connectivity index (χ0) is 27.9. The fourth-order valence-corrected chi connectivity index (χ4v) is 5.50. The Hall–Kier alpha value is -3.38. The molecule has 2 aliphatic rings. The van der Waals surface area contributed by atoms with Crippen molar-refractivity contribution in [3.63, 3.8) is 0 Å². The number of amides is 1. The number of carboxylic acid groups (broad SMARTS) is 1. The quantitative estimate of drug-likeness (QED) is 0.412. The smallest absolute Gasteiger partial charge is 0.481 e. The summed E-state index contributed by atoms with van der Waals surface area (Å²) in [6.45, 7) is 1.74. The van der Waals surface area contributed by atoms with Gasteiger partial charge in [-0.25, -0.2) is 8.78 Å². The molecule has 2 aliphatic heterocycles. The lowest BCUT2D eigenvalue weighted by molar-refractivity contribution is -0.275. The van der Waals surface area contributed by atoms with Crippen molar-refractivity contribution in [3.05, 3.63) is 64.9 Å². The topological polar surface area (TPSA) is 75.0 Å². The number of benzene rings is 2. The van der Waals surface area contributed by atoms with E-state index in [4.69, 9.17) is 0 Å². The van der Waals surface area contributed by atoms with Gasteiger partial charge in [-0.15, -0.1) is 25.6 Å². The minimum atomic E-state index is -5.04. The van der Waals surface area contributed by atoms with E-state index in [1.54, 1.807) is 21.6 Å². The fourth-order valence-electron chi connectivity index (χ4n) is 5.50. The average Bonchev–Trinajstić information content (AvgIpc) is 3.19. The first-order valence-electron chi connectivity index (χ1n) is 12.6. The number of nitrogens with zero attached hydrogens (tertiary/aromatic N) is 3. The van der Waals surface area contributed by atoms with Crippen LogP contribution in [0.4, 0.5) is 22.0 Å². The molecule has 5 rings (SSSR count). The van der Waals surface area contributed by atoms with Crippen LogP contribution in [-0.4, -0.2) is 63.9 Å². The molecule has 0 bridgehead atoms. The van der Waals surface area contributed by atoms with E-state index in [9.17, 15) is 32.3 Å². The maximum Gasteiger partial charge on any atom is 0.573 e. The molecule has 2 aromatic carbocycles. The monoisotopic (exact) mass is 587 g/mol. The molecule has 1 amide bonds. The van der Waals surface area contributed by atoms with Crippen LogP contribution < -0.4 is 4.74 Å². The second-order valence-electron chi connectivity index (χ2n) is 9.91. The van der Waals surface area contributed by atoms with Crippen molar-refractivity contribution in [2.24, 2.45) is 5.92 Å². The lowest BCUT2D eigenvalue weighted by Crippen LogP contribution is -2.45. The van der Waals surface area contributed by atoms with E-state index in [-0.39, 0.29) is 43.5 Å². The number of hydrogen-bond donors (Lipinski definition) is 1. The van der Waals surface area contributed by atoms with E-state index in [0.29, 0.717) is 55.5 Å². The number of halogens is 6. The SMILES string of the molecule is Cl.O=C(O)C1CCN(CC(=O)N2CCc3c(n(Cc4ccc(OC(F)(F)F)c(F)c4)c4c(F)cccc34)C2)CC1. The van der Waals surface area contributed by atoms with Gasteiger partial charge in [-0.1, -0.05) is 18.2 Å². The second-order valence-corrected chi connectivity index (χ2v) is 9.91. The molecule has 1 N–H and O–H groups in total. The average molecular weight is 588 g/mol. The number of piperidine rings is 1. The van der Waals surface area contributed by atoms with Crippen molar-refractivity contribution in [2.75, 3.05) is 26.2 Å². The van der Waals surface area contributed by atoms with Crippen LogP contribution in [0, 0.1) is 17.6 Å². The van der Waals surface area contributed by atoms with Crippen LogP contribution in [0.3, 0.4) is 0 Å². The van der Waals surface area contributed by atoms with Crippen molar-refractivity contribution in [1.82, 2.24) is 14.4 Å². The number of carbonyl (C=O) groups is 2. The molecule has 3 aromatic rings. The Morgan fingerprint density at radius 3 is 2.40 bits per heavy atom. The number of carboxylic acids is 1. The number of alkyl halides is 3. The van der Waals surface area contributed by atoms with E-state index in [1.165, 1.54) is 12.1 Å². The van der Waals surface area contributed by atoms with Gasteiger partial charge in [-0.3, -0.25) is 14.5 Å². The lowest BCUT2D eigenvalue weighted by Gasteiger charge is -2.33. The molecule has 0 saturated carbocycles. The minimum Gasteiger partial charge on any atom is -0.481 e. The minimum absolute atomic E-state index is 0. The first-order valence-corrected chi connectivity index (χ1v) is 12.6. The maximum absolute atomic E-state index is 15.0. The molecule has 0 spiro atoms. The number of aromatic nitrogens is 1. The standard InChI is InChI=1S/C27H26F5N3O4.ClH/c28-20-3-1-2-19-18-8-11-34(24(36)15-33-9-6-17(7-10-33)26(37)38)14-22(18)35(25(19)20)13-16-4-5-23(21(29)12-16)39-27(30,31)32;/h1-5,12,17H,6-11,13-15H2,(H,37,38);1H. The van der Waals surface area contributed by atoms with Crippen LogP contribution in [0.2, 0.25) is 0 Å². The Labute approximate surface area is 232 Å². The van der Waals surface area contributed by atoms with Gasteiger partial charge >= 0.3 is 12.3 Å². The summed E-state index contributed by atoms with van der Waals surface area (Å²) in [5.41, 5.74) is 2.13. The Morgan fingerprint density at radius 2 is 1.75 bits per heavy atom. The van der Waals surface area contributed by atoms with E-state index in [0.717, 1.165) is 17.7 Å². The maximum atomic E-state index is 15.0. The summed E-state index contributed by atoms with van der Waals surface area (Å²) in [4.78, 5) is 28.0. The fraction of sp³-hybridized carbons (Fsp3) is 0.407. The summed E-state index contributed by atoms with van der Waals surface area (Å²) >= 11 is 0. The molecule has 1 saturated heterocycles. The van der Waals surface area contributed by atoms with Gasteiger partial charge in [0.05, 0.1) is 24.5 Å². The van der Waals surface area contributed by atoms with Crippen LogP contribution in [0.1, 0.15) is 29.7 Å². The van der Waals surface area contributed by atoms with E-state index >= 15 is 4.39 Å². The molecule has 0 atom stereocenters. The zero-order valence-corrected chi connectivity index (χ0v) is 22.0. The molecular formula is C27H27ClF5N3O4. The number of para-hydroxylation sites is 1. The summed E-state index contributed by atoms with van der Waals surface area (Å²) < 4.78 is 72.4.